The Morgan fingerprint density at radius 3 is 2.54 bits per heavy atom. The predicted molar refractivity (Wildman–Crippen MR) is 108 cm³/mol. The summed E-state index contributed by atoms with van der Waals surface area (Å²) in [5, 5.41) is 11.7. The smallest absolute Gasteiger partial charge is 0.260 e. The Balaban J connectivity index is 1.45. The molecule has 1 amide bonds. The number of carbonyl (C=O) groups excluding carboxylic acids is 1. The monoisotopic (exact) mass is 377 g/mol. The van der Waals surface area contributed by atoms with Crippen LogP contribution in [0.15, 0.2) is 54.9 Å². The zero-order chi connectivity index (χ0) is 19.5. The number of amides is 1. The van der Waals surface area contributed by atoms with E-state index in [0.717, 1.165) is 48.1 Å². The summed E-state index contributed by atoms with van der Waals surface area (Å²) in [6.45, 7) is 3.37. The lowest BCUT2D eigenvalue weighted by Gasteiger charge is -2.32. The van der Waals surface area contributed by atoms with E-state index in [4.69, 9.17) is 4.74 Å². The standard InChI is InChI=1S/C22H23N3O3/c1-24-6-8-25(9-7-24)22(27)15-28-21-5-4-16-10-17(2-3-18(16)12-21)19-11-20(26)14-23-13-19/h2-5,10-14,26H,6-9,15H2,1H3. The number of benzene rings is 2. The summed E-state index contributed by atoms with van der Waals surface area (Å²) in [4.78, 5) is 20.4. The van der Waals surface area contributed by atoms with Crippen LogP contribution in [0.4, 0.5) is 0 Å². The van der Waals surface area contributed by atoms with Crippen molar-refractivity contribution in [3.05, 3.63) is 54.9 Å². The van der Waals surface area contributed by atoms with Gasteiger partial charge < -0.3 is 19.6 Å². The third-order valence-corrected chi connectivity index (χ3v) is 5.09. The zero-order valence-corrected chi connectivity index (χ0v) is 15.8. The Kier molecular flexibility index (Phi) is 5.12. The lowest BCUT2D eigenvalue weighted by molar-refractivity contribution is -0.134. The number of pyridine rings is 1. The van der Waals surface area contributed by atoms with Gasteiger partial charge >= 0.3 is 0 Å². The highest BCUT2D eigenvalue weighted by Gasteiger charge is 2.19. The van der Waals surface area contributed by atoms with Crippen molar-refractivity contribution in [2.24, 2.45) is 0 Å². The number of aromatic hydroxyl groups is 1. The molecular weight excluding hydrogens is 354 g/mol. The molecule has 3 aromatic rings. The first kappa shape index (κ1) is 18.3. The molecule has 1 fully saturated rings. The summed E-state index contributed by atoms with van der Waals surface area (Å²) in [5.74, 6) is 0.855. The summed E-state index contributed by atoms with van der Waals surface area (Å²) >= 11 is 0. The molecule has 2 aromatic carbocycles. The molecule has 1 saturated heterocycles. The number of carbonyl (C=O) groups is 1. The summed E-state index contributed by atoms with van der Waals surface area (Å²) in [7, 11) is 2.07. The van der Waals surface area contributed by atoms with Crippen molar-refractivity contribution < 1.29 is 14.6 Å². The van der Waals surface area contributed by atoms with Gasteiger partial charge in [0.1, 0.15) is 11.5 Å². The molecule has 0 unspecified atom stereocenters. The van der Waals surface area contributed by atoms with Crippen LogP contribution in [0, 0.1) is 0 Å². The van der Waals surface area contributed by atoms with Gasteiger partial charge in [0, 0.05) is 37.9 Å². The molecule has 0 bridgehead atoms. The van der Waals surface area contributed by atoms with Crippen molar-refractivity contribution in [3.8, 4) is 22.6 Å². The number of rotatable bonds is 4. The van der Waals surface area contributed by atoms with E-state index in [-0.39, 0.29) is 18.3 Å². The SMILES string of the molecule is CN1CCN(C(=O)COc2ccc3cc(-c4cncc(O)c4)ccc3c2)CC1. The van der Waals surface area contributed by atoms with Crippen molar-refractivity contribution in [1.82, 2.24) is 14.8 Å². The number of nitrogens with zero attached hydrogens (tertiary/aromatic N) is 3. The van der Waals surface area contributed by atoms with Crippen LogP contribution in [0.5, 0.6) is 11.5 Å². The van der Waals surface area contributed by atoms with E-state index in [2.05, 4.69) is 16.9 Å². The van der Waals surface area contributed by atoms with Gasteiger partial charge in [-0.1, -0.05) is 18.2 Å². The van der Waals surface area contributed by atoms with Gasteiger partial charge in [-0.15, -0.1) is 0 Å². The van der Waals surface area contributed by atoms with Gasteiger partial charge in [0.2, 0.25) is 0 Å². The van der Waals surface area contributed by atoms with Crippen molar-refractivity contribution in [3.63, 3.8) is 0 Å². The summed E-state index contributed by atoms with van der Waals surface area (Å²) in [5.41, 5.74) is 1.84. The summed E-state index contributed by atoms with van der Waals surface area (Å²) in [6.07, 6.45) is 3.14. The molecule has 1 N–H and O–H groups in total. The van der Waals surface area contributed by atoms with Crippen LogP contribution < -0.4 is 4.74 Å². The van der Waals surface area contributed by atoms with Crippen LogP contribution in [-0.4, -0.2) is 65.6 Å². The molecule has 0 spiro atoms. The average Bonchev–Trinajstić information content (AvgIpc) is 2.72. The molecule has 0 radical (unpaired) electrons. The normalized spacial score (nSPS) is 15.0. The summed E-state index contributed by atoms with van der Waals surface area (Å²) in [6, 6.07) is 13.5. The van der Waals surface area contributed by atoms with Gasteiger partial charge in [-0.25, -0.2) is 0 Å². The van der Waals surface area contributed by atoms with E-state index in [1.54, 1.807) is 12.3 Å². The molecule has 1 aliphatic rings. The minimum absolute atomic E-state index is 0.0277. The van der Waals surface area contributed by atoms with Crippen molar-refractivity contribution in [2.75, 3.05) is 39.8 Å². The molecule has 0 atom stereocenters. The van der Waals surface area contributed by atoms with E-state index in [9.17, 15) is 9.90 Å². The van der Waals surface area contributed by atoms with Gasteiger partial charge in [0.15, 0.2) is 6.61 Å². The van der Waals surface area contributed by atoms with Gasteiger partial charge in [0.25, 0.3) is 5.91 Å². The molecule has 144 valence electrons. The fraction of sp³-hybridized carbons (Fsp3) is 0.273. The molecular formula is C22H23N3O3. The van der Waals surface area contributed by atoms with Gasteiger partial charge in [-0.05, 0) is 47.6 Å². The first-order valence-corrected chi connectivity index (χ1v) is 9.36. The van der Waals surface area contributed by atoms with Crippen LogP contribution in [0.2, 0.25) is 0 Å². The average molecular weight is 377 g/mol. The predicted octanol–water partition coefficient (Wildman–Crippen LogP) is 2.76. The van der Waals surface area contributed by atoms with Crippen LogP contribution in [0.1, 0.15) is 0 Å². The van der Waals surface area contributed by atoms with Gasteiger partial charge in [-0.3, -0.25) is 9.78 Å². The second-order valence-corrected chi connectivity index (χ2v) is 7.13. The summed E-state index contributed by atoms with van der Waals surface area (Å²) < 4.78 is 5.74. The maximum absolute atomic E-state index is 12.3. The second kappa shape index (κ2) is 7.86. The third kappa shape index (κ3) is 4.07. The molecule has 28 heavy (non-hydrogen) atoms. The maximum atomic E-state index is 12.3. The zero-order valence-electron chi connectivity index (χ0n) is 15.8. The number of fused-ring (bicyclic) bond motifs is 1. The number of likely N-dealkylation sites (N-methyl/N-ethyl adjacent to an activating group) is 1. The Morgan fingerprint density at radius 1 is 1.00 bits per heavy atom. The van der Waals surface area contributed by atoms with Gasteiger partial charge in [-0.2, -0.15) is 0 Å². The minimum atomic E-state index is 0.0277. The van der Waals surface area contributed by atoms with E-state index < -0.39 is 0 Å². The van der Waals surface area contributed by atoms with Crippen LogP contribution in [-0.2, 0) is 4.79 Å². The Morgan fingerprint density at radius 2 is 1.75 bits per heavy atom. The molecule has 1 aromatic heterocycles. The minimum Gasteiger partial charge on any atom is -0.506 e. The quantitative estimate of drug-likeness (QED) is 0.757. The first-order valence-electron chi connectivity index (χ1n) is 9.36. The molecule has 4 rings (SSSR count). The Bertz CT molecular complexity index is 997. The fourth-order valence-corrected chi connectivity index (χ4v) is 3.37. The highest BCUT2D eigenvalue weighted by atomic mass is 16.5. The lowest BCUT2D eigenvalue weighted by atomic mass is 10.0. The first-order chi connectivity index (χ1) is 13.6. The highest BCUT2D eigenvalue weighted by molar-refractivity contribution is 5.88. The lowest BCUT2D eigenvalue weighted by Crippen LogP contribution is -2.48. The topological polar surface area (TPSA) is 65.9 Å². The van der Waals surface area contributed by atoms with Crippen LogP contribution >= 0.6 is 0 Å². The van der Waals surface area contributed by atoms with E-state index in [1.165, 1.54) is 6.20 Å². The number of hydrogen-bond acceptors (Lipinski definition) is 5. The maximum Gasteiger partial charge on any atom is 0.260 e. The number of ether oxygens (including phenoxy) is 1. The third-order valence-electron chi connectivity index (χ3n) is 5.09. The Labute approximate surface area is 164 Å². The molecule has 6 heteroatoms. The molecule has 6 nitrogen and oxygen atoms in total. The Hall–Kier alpha value is -3.12. The number of hydrogen-bond donors (Lipinski definition) is 1. The van der Waals surface area contributed by atoms with E-state index in [1.807, 2.05) is 41.3 Å². The molecule has 0 saturated carbocycles. The van der Waals surface area contributed by atoms with Crippen molar-refractivity contribution >= 4 is 16.7 Å². The van der Waals surface area contributed by atoms with Crippen molar-refractivity contribution in [1.29, 1.82) is 0 Å². The van der Waals surface area contributed by atoms with Crippen LogP contribution in [0.3, 0.4) is 0 Å². The van der Waals surface area contributed by atoms with E-state index in [0.29, 0.717) is 5.75 Å². The highest BCUT2D eigenvalue weighted by Crippen LogP contribution is 2.28. The van der Waals surface area contributed by atoms with Crippen LogP contribution in [0.25, 0.3) is 21.9 Å². The second-order valence-electron chi connectivity index (χ2n) is 7.13. The van der Waals surface area contributed by atoms with E-state index >= 15 is 0 Å². The number of piperazine rings is 1. The molecule has 2 heterocycles. The van der Waals surface area contributed by atoms with Gasteiger partial charge in [0.05, 0.1) is 6.20 Å². The van der Waals surface area contributed by atoms with Crippen molar-refractivity contribution in [2.45, 2.75) is 0 Å². The fourth-order valence-electron chi connectivity index (χ4n) is 3.37. The molecule has 0 aliphatic carbocycles. The number of aromatic nitrogens is 1. The molecule has 1 aliphatic heterocycles. The largest absolute Gasteiger partial charge is 0.506 e.